The maximum Gasteiger partial charge on any atom is 0.189 e. The highest BCUT2D eigenvalue weighted by Crippen LogP contribution is 2.09. The van der Waals surface area contributed by atoms with Crippen molar-refractivity contribution in [1.29, 1.82) is 0 Å². The average molecular weight is 231 g/mol. The third kappa shape index (κ3) is 1.94. The molecule has 1 aromatic heterocycles. The van der Waals surface area contributed by atoms with Gasteiger partial charge in [-0.15, -0.1) is 0 Å². The molecule has 2 aromatic rings. The molecule has 6 nitrogen and oxygen atoms in total. The van der Waals surface area contributed by atoms with Gasteiger partial charge in [-0.25, -0.2) is 10.9 Å². The maximum absolute atomic E-state index is 11.7. The number of nitrogens with one attached hydrogen (secondary N) is 4. The van der Waals surface area contributed by atoms with Gasteiger partial charge >= 0.3 is 0 Å². The van der Waals surface area contributed by atoms with Crippen molar-refractivity contribution < 1.29 is 0 Å². The van der Waals surface area contributed by atoms with Crippen LogP contribution in [0.2, 0.25) is 0 Å². The van der Waals surface area contributed by atoms with Gasteiger partial charge < -0.3 is 4.57 Å². The molecule has 0 unspecified atom stereocenters. The standard InChI is InChI=1S/C11H13N5O/c17-10-5-6-16(7-11-12-14-15-13-11)9-4-2-1-3-8(9)10/h1-6,11-15H,7H2. The molecule has 6 heteroatoms. The van der Waals surface area contributed by atoms with Crippen LogP contribution >= 0.6 is 0 Å². The summed E-state index contributed by atoms with van der Waals surface area (Å²) in [7, 11) is 0. The van der Waals surface area contributed by atoms with Gasteiger partial charge in [0.15, 0.2) is 5.43 Å². The monoisotopic (exact) mass is 231 g/mol. The summed E-state index contributed by atoms with van der Waals surface area (Å²) in [4.78, 5) is 11.7. The lowest BCUT2D eigenvalue weighted by molar-refractivity contribution is 0.457. The zero-order valence-electron chi connectivity index (χ0n) is 9.10. The topological polar surface area (TPSA) is 70.1 Å². The largest absolute Gasteiger partial charge is 0.344 e. The molecule has 0 aliphatic carbocycles. The van der Waals surface area contributed by atoms with E-state index in [-0.39, 0.29) is 11.6 Å². The van der Waals surface area contributed by atoms with Gasteiger partial charge in [-0.2, -0.15) is 11.1 Å². The predicted octanol–water partition coefficient (Wildman–Crippen LogP) is -0.555. The van der Waals surface area contributed by atoms with E-state index in [1.54, 1.807) is 6.07 Å². The molecule has 2 heterocycles. The van der Waals surface area contributed by atoms with E-state index in [4.69, 9.17) is 0 Å². The molecular weight excluding hydrogens is 218 g/mol. The Hall–Kier alpha value is -1.73. The Kier molecular flexibility index (Phi) is 2.62. The lowest BCUT2D eigenvalue weighted by Gasteiger charge is -2.14. The minimum absolute atomic E-state index is 0.0560. The fraction of sp³-hybridized carbons (Fsp3) is 0.182. The maximum atomic E-state index is 11.7. The molecule has 0 spiro atoms. The predicted molar refractivity (Wildman–Crippen MR) is 64.5 cm³/mol. The molecule has 1 aromatic carbocycles. The Balaban J connectivity index is 2.04. The first-order valence-electron chi connectivity index (χ1n) is 5.44. The van der Waals surface area contributed by atoms with Crippen molar-refractivity contribution in [1.82, 2.24) is 26.5 Å². The van der Waals surface area contributed by atoms with Crippen LogP contribution in [0.25, 0.3) is 10.9 Å². The van der Waals surface area contributed by atoms with Crippen LogP contribution < -0.4 is 27.3 Å². The van der Waals surface area contributed by atoms with Gasteiger partial charge in [-0.05, 0) is 12.1 Å². The molecule has 1 fully saturated rings. The second-order valence-corrected chi connectivity index (χ2v) is 3.94. The van der Waals surface area contributed by atoms with Gasteiger partial charge in [0.1, 0.15) is 6.17 Å². The van der Waals surface area contributed by atoms with Crippen molar-refractivity contribution in [3.63, 3.8) is 0 Å². The van der Waals surface area contributed by atoms with Crippen LogP contribution in [0.5, 0.6) is 0 Å². The number of rotatable bonds is 2. The average Bonchev–Trinajstić information content (AvgIpc) is 2.86. The second kappa shape index (κ2) is 4.27. The Bertz CT molecular complexity index is 588. The van der Waals surface area contributed by atoms with Crippen LogP contribution in [-0.4, -0.2) is 10.7 Å². The summed E-state index contributed by atoms with van der Waals surface area (Å²) in [5.74, 6) is 0. The highest BCUT2D eigenvalue weighted by atomic mass is 16.1. The Labute approximate surface area is 97.5 Å². The summed E-state index contributed by atoms with van der Waals surface area (Å²) >= 11 is 0. The van der Waals surface area contributed by atoms with Crippen molar-refractivity contribution >= 4 is 10.9 Å². The highest BCUT2D eigenvalue weighted by Gasteiger charge is 2.13. The zero-order chi connectivity index (χ0) is 11.7. The number of aromatic nitrogens is 1. The molecule has 0 bridgehead atoms. The third-order valence-electron chi connectivity index (χ3n) is 2.82. The number of para-hydroxylation sites is 1. The molecule has 0 saturated carbocycles. The SMILES string of the molecule is O=c1ccn(CC2NNNN2)c2ccccc12. The molecule has 88 valence electrons. The van der Waals surface area contributed by atoms with Crippen LogP contribution in [0.3, 0.4) is 0 Å². The van der Waals surface area contributed by atoms with E-state index in [2.05, 4.69) is 21.9 Å². The summed E-state index contributed by atoms with van der Waals surface area (Å²) in [5.41, 5.74) is 12.6. The quantitative estimate of drug-likeness (QED) is 0.558. The molecule has 1 aliphatic rings. The number of pyridine rings is 1. The first kappa shape index (κ1) is 10.4. The zero-order valence-corrected chi connectivity index (χ0v) is 9.10. The van der Waals surface area contributed by atoms with Crippen molar-refractivity contribution in [2.75, 3.05) is 0 Å². The summed E-state index contributed by atoms with van der Waals surface area (Å²) in [6, 6.07) is 9.21. The van der Waals surface area contributed by atoms with Gasteiger partial charge in [0.25, 0.3) is 0 Å². The molecule has 0 amide bonds. The van der Waals surface area contributed by atoms with Gasteiger partial charge in [0.2, 0.25) is 0 Å². The minimum Gasteiger partial charge on any atom is -0.344 e. The van der Waals surface area contributed by atoms with Crippen LogP contribution in [0.1, 0.15) is 0 Å². The molecule has 4 N–H and O–H groups in total. The minimum atomic E-state index is 0.0560. The lowest BCUT2D eigenvalue weighted by atomic mass is 10.2. The van der Waals surface area contributed by atoms with E-state index in [9.17, 15) is 4.79 Å². The van der Waals surface area contributed by atoms with Crippen molar-refractivity contribution in [2.24, 2.45) is 0 Å². The number of hydrogen-bond donors (Lipinski definition) is 4. The summed E-state index contributed by atoms with van der Waals surface area (Å²) in [6.07, 6.45) is 1.88. The molecule has 0 radical (unpaired) electrons. The number of benzene rings is 1. The Morgan fingerprint density at radius 1 is 1.12 bits per heavy atom. The molecule has 17 heavy (non-hydrogen) atoms. The lowest BCUT2D eigenvalue weighted by Crippen LogP contribution is -2.38. The molecule has 3 rings (SSSR count). The van der Waals surface area contributed by atoms with E-state index in [1.807, 2.05) is 35.0 Å². The smallest absolute Gasteiger partial charge is 0.189 e. The van der Waals surface area contributed by atoms with Gasteiger partial charge in [-0.1, -0.05) is 12.1 Å². The summed E-state index contributed by atoms with van der Waals surface area (Å²) in [6.45, 7) is 0.709. The third-order valence-corrected chi connectivity index (χ3v) is 2.82. The number of hydrazine groups is 3. The van der Waals surface area contributed by atoms with Crippen LogP contribution in [-0.2, 0) is 6.54 Å². The fourth-order valence-corrected chi connectivity index (χ4v) is 1.99. The Morgan fingerprint density at radius 3 is 2.71 bits per heavy atom. The summed E-state index contributed by atoms with van der Waals surface area (Å²) < 4.78 is 2.04. The van der Waals surface area contributed by atoms with E-state index in [0.717, 1.165) is 10.9 Å². The van der Waals surface area contributed by atoms with E-state index in [1.165, 1.54) is 0 Å². The Morgan fingerprint density at radius 2 is 1.88 bits per heavy atom. The van der Waals surface area contributed by atoms with Gasteiger partial charge in [0, 0.05) is 17.6 Å². The molecule has 0 atom stereocenters. The van der Waals surface area contributed by atoms with E-state index >= 15 is 0 Å². The molecular formula is C11H13N5O. The number of fused-ring (bicyclic) bond motifs is 1. The first-order valence-corrected chi connectivity index (χ1v) is 5.44. The number of nitrogens with zero attached hydrogens (tertiary/aromatic N) is 1. The molecule has 1 saturated heterocycles. The second-order valence-electron chi connectivity index (χ2n) is 3.94. The highest BCUT2D eigenvalue weighted by molar-refractivity contribution is 5.78. The molecule has 1 aliphatic heterocycles. The van der Waals surface area contributed by atoms with Crippen molar-refractivity contribution in [3.05, 3.63) is 46.8 Å². The van der Waals surface area contributed by atoms with E-state index in [0.29, 0.717) is 6.54 Å². The van der Waals surface area contributed by atoms with Crippen LogP contribution in [0.4, 0.5) is 0 Å². The van der Waals surface area contributed by atoms with E-state index < -0.39 is 0 Å². The van der Waals surface area contributed by atoms with Crippen LogP contribution in [0, 0.1) is 0 Å². The van der Waals surface area contributed by atoms with Gasteiger partial charge in [0.05, 0.1) is 12.1 Å². The van der Waals surface area contributed by atoms with Crippen molar-refractivity contribution in [3.8, 4) is 0 Å². The summed E-state index contributed by atoms with van der Waals surface area (Å²) in [5, 5.41) is 0.744. The first-order chi connectivity index (χ1) is 8.34. The van der Waals surface area contributed by atoms with Gasteiger partial charge in [-0.3, -0.25) is 4.79 Å². The normalized spacial score (nSPS) is 16.7. The fourth-order valence-electron chi connectivity index (χ4n) is 1.99. The van der Waals surface area contributed by atoms with Crippen LogP contribution in [0.15, 0.2) is 41.3 Å². The number of hydrogen-bond acceptors (Lipinski definition) is 5. The van der Waals surface area contributed by atoms with Crippen molar-refractivity contribution in [2.45, 2.75) is 12.7 Å².